The predicted octanol–water partition coefficient (Wildman–Crippen LogP) is 5.79. The van der Waals surface area contributed by atoms with Crippen LogP contribution in [0.5, 0.6) is 23.0 Å². The van der Waals surface area contributed by atoms with Crippen LogP contribution in [0.2, 0.25) is 0 Å². The summed E-state index contributed by atoms with van der Waals surface area (Å²) in [4.78, 5) is 5.03. The normalized spacial score (nSPS) is 17.9. The molecule has 0 radical (unpaired) electrons. The van der Waals surface area contributed by atoms with Gasteiger partial charge in [0.1, 0.15) is 17.7 Å². The molecule has 0 amide bonds. The van der Waals surface area contributed by atoms with Gasteiger partial charge >= 0.3 is 0 Å². The van der Waals surface area contributed by atoms with Crippen molar-refractivity contribution >= 4 is 21.6 Å². The van der Waals surface area contributed by atoms with Gasteiger partial charge in [-0.15, -0.1) is 0 Å². The topological polar surface area (TPSA) is 72.3 Å². The van der Waals surface area contributed by atoms with E-state index in [0.29, 0.717) is 18.8 Å². The van der Waals surface area contributed by atoms with E-state index in [4.69, 9.17) is 19.2 Å². The summed E-state index contributed by atoms with van der Waals surface area (Å²) in [7, 11) is 3.29. The fourth-order valence-corrected chi connectivity index (χ4v) is 4.56. The number of ether oxygens (including phenoxy) is 3. The van der Waals surface area contributed by atoms with Gasteiger partial charge in [0.15, 0.2) is 11.5 Å². The highest BCUT2D eigenvalue weighted by molar-refractivity contribution is 9.10. The van der Waals surface area contributed by atoms with Gasteiger partial charge in [0, 0.05) is 23.7 Å². The number of benzene rings is 3. The van der Waals surface area contributed by atoms with Gasteiger partial charge in [-0.3, -0.25) is 10.3 Å². The van der Waals surface area contributed by atoms with Crippen LogP contribution in [0.25, 0.3) is 0 Å². The fraction of sp³-hybridized carbons (Fsp3) is 0.269. The summed E-state index contributed by atoms with van der Waals surface area (Å²) in [6, 6.07) is 19.2. The van der Waals surface area contributed by atoms with Crippen LogP contribution in [0.15, 0.2) is 70.1 Å². The minimum absolute atomic E-state index is 0.151. The van der Waals surface area contributed by atoms with Crippen LogP contribution < -0.4 is 19.5 Å². The van der Waals surface area contributed by atoms with Crippen molar-refractivity contribution in [2.45, 2.75) is 25.6 Å². The summed E-state index contributed by atoms with van der Waals surface area (Å²) in [6.07, 6.45) is 0.284. The lowest BCUT2D eigenvalue weighted by Gasteiger charge is -2.31. The van der Waals surface area contributed by atoms with Gasteiger partial charge in [-0.05, 0) is 64.3 Å². The molecule has 0 saturated heterocycles. The highest BCUT2D eigenvalue weighted by atomic mass is 79.9. The Bertz CT molecular complexity index is 1160. The quantitative estimate of drug-likeness (QED) is 0.420. The number of hydrogen-bond acceptors (Lipinski definition) is 6. The van der Waals surface area contributed by atoms with E-state index in [0.717, 1.165) is 38.4 Å². The molecule has 3 aromatic rings. The molecule has 0 spiro atoms. The number of hydrogen-bond donors (Lipinski definition) is 2. The second kappa shape index (κ2) is 10.3. The van der Waals surface area contributed by atoms with Crippen molar-refractivity contribution in [1.29, 1.82) is 0 Å². The third kappa shape index (κ3) is 4.99. The van der Waals surface area contributed by atoms with Gasteiger partial charge in [-0.2, -0.15) is 0 Å². The lowest BCUT2D eigenvalue weighted by molar-refractivity contribution is 0.313. The first-order valence-corrected chi connectivity index (χ1v) is 11.6. The van der Waals surface area contributed by atoms with Crippen LogP contribution >= 0.6 is 15.9 Å². The Labute approximate surface area is 202 Å². The maximum Gasteiger partial charge on any atom is 0.162 e. The third-order valence-electron chi connectivity index (χ3n) is 5.64. The van der Waals surface area contributed by atoms with E-state index >= 15 is 0 Å². The molecule has 0 unspecified atom stereocenters. The number of nitrogens with one attached hydrogen (secondary N) is 1. The molecule has 172 valence electrons. The number of para-hydroxylation sites is 1. The number of aliphatic imine (C=N–C) groups is 1. The molecule has 6 nitrogen and oxygen atoms in total. The van der Waals surface area contributed by atoms with E-state index in [1.807, 2.05) is 61.5 Å². The van der Waals surface area contributed by atoms with Gasteiger partial charge in [0.25, 0.3) is 0 Å². The average Bonchev–Trinajstić information content (AvgIpc) is 2.85. The lowest BCUT2D eigenvalue weighted by atomic mass is 9.93. The number of nitrogens with zero attached hydrogens (tertiary/aromatic N) is 1. The van der Waals surface area contributed by atoms with Crippen molar-refractivity contribution in [1.82, 2.24) is 5.32 Å². The molecular weight excluding hydrogens is 484 g/mol. The Balaban J connectivity index is 1.77. The number of aromatic hydroxyl groups is 1. The maximum atomic E-state index is 10.9. The molecule has 33 heavy (non-hydrogen) atoms. The first-order valence-electron chi connectivity index (χ1n) is 10.8. The summed E-state index contributed by atoms with van der Waals surface area (Å²) >= 11 is 3.58. The molecular formula is C26H27BrN2O4. The maximum absolute atomic E-state index is 10.9. The molecule has 2 atom stereocenters. The molecule has 0 aliphatic carbocycles. The molecule has 1 heterocycles. The SMILES string of the molecule is CCOc1cccc([C@@H]2CC(c3cccc(OC)c3)=N[C@H](c3ccc(OC)c(Br)c3)N2)c1O. The fourth-order valence-electron chi connectivity index (χ4n) is 4.00. The predicted molar refractivity (Wildman–Crippen MR) is 133 cm³/mol. The molecule has 0 saturated carbocycles. The average molecular weight is 511 g/mol. The standard InChI is InChI=1S/C26H27BrN2O4/c1-4-33-24-10-6-9-19(25(24)30)22-15-21(16-7-5-8-18(13-16)31-2)28-26(29-22)17-11-12-23(32-3)20(27)14-17/h5-14,22,26,29-30H,4,15H2,1-3H3/t22-,26-/m0/s1. The summed E-state index contributed by atoms with van der Waals surface area (Å²) < 4.78 is 17.3. The molecule has 4 rings (SSSR count). The minimum Gasteiger partial charge on any atom is -0.504 e. The Morgan fingerprint density at radius 2 is 1.85 bits per heavy atom. The first kappa shape index (κ1) is 23.1. The van der Waals surface area contributed by atoms with Crippen LogP contribution in [0.1, 0.15) is 42.2 Å². The monoisotopic (exact) mass is 510 g/mol. The number of phenols is 1. The number of halogens is 1. The van der Waals surface area contributed by atoms with Crippen molar-refractivity contribution < 1.29 is 19.3 Å². The molecule has 3 aromatic carbocycles. The van der Waals surface area contributed by atoms with E-state index in [1.54, 1.807) is 20.3 Å². The van der Waals surface area contributed by atoms with E-state index < -0.39 is 0 Å². The van der Waals surface area contributed by atoms with Gasteiger partial charge < -0.3 is 19.3 Å². The van der Waals surface area contributed by atoms with Crippen molar-refractivity contribution in [2.24, 2.45) is 4.99 Å². The molecule has 0 aromatic heterocycles. The third-order valence-corrected chi connectivity index (χ3v) is 6.26. The van der Waals surface area contributed by atoms with Crippen molar-refractivity contribution in [3.8, 4) is 23.0 Å². The van der Waals surface area contributed by atoms with Crippen molar-refractivity contribution in [3.05, 3.63) is 81.8 Å². The summed E-state index contributed by atoms with van der Waals surface area (Å²) in [5.74, 6) is 2.16. The lowest BCUT2D eigenvalue weighted by Crippen LogP contribution is -2.33. The van der Waals surface area contributed by atoms with E-state index in [-0.39, 0.29) is 18.0 Å². The first-order chi connectivity index (χ1) is 16.0. The Morgan fingerprint density at radius 1 is 1.03 bits per heavy atom. The summed E-state index contributed by atoms with van der Waals surface area (Å²) in [5.41, 5.74) is 3.66. The summed E-state index contributed by atoms with van der Waals surface area (Å²) in [5, 5.41) is 14.5. The Hall–Kier alpha value is -3.03. The second-order valence-corrected chi connectivity index (χ2v) is 8.51. The zero-order valence-corrected chi connectivity index (χ0v) is 20.4. The minimum atomic E-state index is -0.317. The Morgan fingerprint density at radius 3 is 2.58 bits per heavy atom. The van der Waals surface area contributed by atoms with Gasteiger partial charge in [0.05, 0.1) is 25.3 Å². The summed E-state index contributed by atoms with van der Waals surface area (Å²) in [6.45, 7) is 2.38. The van der Waals surface area contributed by atoms with Crippen LogP contribution in [0, 0.1) is 0 Å². The van der Waals surface area contributed by atoms with Crippen molar-refractivity contribution in [2.75, 3.05) is 20.8 Å². The van der Waals surface area contributed by atoms with Gasteiger partial charge in [-0.1, -0.05) is 30.3 Å². The van der Waals surface area contributed by atoms with Crippen LogP contribution in [0.3, 0.4) is 0 Å². The van der Waals surface area contributed by atoms with Crippen LogP contribution in [-0.4, -0.2) is 31.6 Å². The molecule has 1 aliphatic heterocycles. The van der Waals surface area contributed by atoms with Gasteiger partial charge in [-0.25, -0.2) is 0 Å². The van der Waals surface area contributed by atoms with E-state index in [1.165, 1.54) is 0 Å². The highest BCUT2D eigenvalue weighted by Gasteiger charge is 2.29. The Kier molecular flexibility index (Phi) is 7.20. The van der Waals surface area contributed by atoms with E-state index in [9.17, 15) is 5.11 Å². The largest absolute Gasteiger partial charge is 0.504 e. The van der Waals surface area contributed by atoms with Crippen molar-refractivity contribution in [3.63, 3.8) is 0 Å². The molecule has 0 bridgehead atoms. The molecule has 2 N–H and O–H groups in total. The molecule has 7 heteroatoms. The molecule has 0 fully saturated rings. The number of methoxy groups -OCH3 is 2. The number of rotatable bonds is 7. The van der Waals surface area contributed by atoms with E-state index in [2.05, 4.69) is 21.2 Å². The highest BCUT2D eigenvalue weighted by Crippen LogP contribution is 2.39. The van der Waals surface area contributed by atoms with Crippen LogP contribution in [0.4, 0.5) is 0 Å². The number of phenolic OH excluding ortho intramolecular Hbond substituents is 1. The van der Waals surface area contributed by atoms with Crippen LogP contribution in [-0.2, 0) is 0 Å². The zero-order chi connectivity index (χ0) is 23.4. The molecule has 1 aliphatic rings. The zero-order valence-electron chi connectivity index (χ0n) is 18.8. The smallest absolute Gasteiger partial charge is 0.162 e. The van der Waals surface area contributed by atoms with Gasteiger partial charge in [0.2, 0.25) is 0 Å². The second-order valence-electron chi connectivity index (χ2n) is 7.65.